The number of benzene rings is 2. The van der Waals surface area contributed by atoms with Gasteiger partial charge in [0, 0.05) is 5.56 Å². The molecular formula is C18H19NO2. The van der Waals surface area contributed by atoms with Gasteiger partial charge in [0.15, 0.2) is 0 Å². The zero-order valence-electron chi connectivity index (χ0n) is 12.1. The van der Waals surface area contributed by atoms with Gasteiger partial charge in [-0.3, -0.25) is 0 Å². The van der Waals surface area contributed by atoms with E-state index in [9.17, 15) is 0 Å². The molecule has 0 saturated carbocycles. The molecule has 0 saturated heterocycles. The first-order chi connectivity index (χ1) is 10.3. The summed E-state index contributed by atoms with van der Waals surface area (Å²) in [5, 5.41) is 0. The third-order valence-corrected chi connectivity index (χ3v) is 3.03. The van der Waals surface area contributed by atoms with Gasteiger partial charge in [-0.05, 0) is 29.3 Å². The van der Waals surface area contributed by atoms with Gasteiger partial charge in [0.2, 0.25) is 0 Å². The first-order valence-corrected chi connectivity index (χ1v) is 6.81. The Bertz CT molecular complexity index is 624. The molecule has 2 rings (SSSR count). The maximum atomic E-state index is 5.76. The standard InChI is InChI=1S/C18H19NO2/c1-20-18-10-8-15(9-11-18)13-21-14-17-6-3-2-5-16(17)7-4-12-19/h2-3,5-6,8-11H,12-14,19H2,1H3. The van der Waals surface area contributed by atoms with Crippen LogP contribution >= 0.6 is 0 Å². The van der Waals surface area contributed by atoms with Crippen LogP contribution in [0.4, 0.5) is 0 Å². The molecule has 0 fully saturated rings. The molecule has 0 aromatic heterocycles. The van der Waals surface area contributed by atoms with Gasteiger partial charge in [0.25, 0.3) is 0 Å². The van der Waals surface area contributed by atoms with Crippen LogP contribution in [0, 0.1) is 11.8 Å². The zero-order chi connectivity index (χ0) is 14.9. The smallest absolute Gasteiger partial charge is 0.118 e. The summed E-state index contributed by atoms with van der Waals surface area (Å²) in [5.74, 6) is 6.79. The van der Waals surface area contributed by atoms with E-state index in [-0.39, 0.29) is 0 Å². The van der Waals surface area contributed by atoms with E-state index in [1.807, 2.05) is 48.5 Å². The molecule has 3 heteroatoms. The summed E-state index contributed by atoms with van der Waals surface area (Å²) in [6.07, 6.45) is 0. The normalized spacial score (nSPS) is 9.81. The fraction of sp³-hybridized carbons (Fsp3) is 0.222. The number of methoxy groups -OCH3 is 1. The minimum absolute atomic E-state index is 0.362. The summed E-state index contributed by atoms with van der Waals surface area (Å²) in [7, 11) is 1.66. The molecule has 2 aromatic rings. The van der Waals surface area contributed by atoms with Crippen molar-refractivity contribution in [1.29, 1.82) is 0 Å². The molecule has 0 aliphatic rings. The molecule has 21 heavy (non-hydrogen) atoms. The molecule has 0 aliphatic carbocycles. The van der Waals surface area contributed by atoms with E-state index in [4.69, 9.17) is 15.2 Å². The van der Waals surface area contributed by atoms with E-state index in [1.54, 1.807) is 7.11 Å². The summed E-state index contributed by atoms with van der Waals surface area (Å²) in [4.78, 5) is 0. The van der Waals surface area contributed by atoms with Crippen molar-refractivity contribution in [2.75, 3.05) is 13.7 Å². The van der Waals surface area contributed by atoms with Crippen molar-refractivity contribution in [3.63, 3.8) is 0 Å². The first-order valence-electron chi connectivity index (χ1n) is 6.81. The molecular weight excluding hydrogens is 262 g/mol. The van der Waals surface area contributed by atoms with Crippen LogP contribution < -0.4 is 10.5 Å². The Kier molecular flexibility index (Phi) is 5.83. The van der Waals surface area contributed by atoms with E-state index in [2.05, 4.69) is 11.8 Å². The highest BCUT2D eigenvalue weighted by Crippen LogP contribution is 2.14. The van der Waals surface area contributed by atoms with Crippen molar-refractivity contribution >= 4 is 0 Å². The Morgan fingerprint density at radius 3 is 2.48 bits per heavy atom. The third kappa shape index (κ3) is 4.64. The van der Waals surface area contributed by atoms with Crippen LogP contribution in [0.5, 0.6) is 5.75 Å². The second kappa shape index (κ2) is 8.11. The molecule has 0 aliphatic heterocycles. The fourth-order valence-corrected chi connectivity index (χ4v) is 1.91. The van der Waals surface area contributed by atoms with Crippen molar-refractivity contribution in [2.45, 2.75) is 13.2 Å². The van der Waals surface area contributed by atoms with Crippen LogP contribution in [-0.2, 0) is 18.0 Å². The molecule has 108 valence electrons. The molecule has 2 N–H and O–H groups in total. The predicted molar refractivity (Wildman–Crippen MR) is 83.9 cm³/mol. The second-order valence-electron chi connectivity index (χ2n) is 4.50. The Morgan fingerprint density at radius 2 is 1.76 bits per heavy atom. The lowest BCUT2D eigenvalue weighted by Gasteiger charge is -2.07. The average molecular weight is 281 g/mol. The Balaban J connectivity index is 1.93. The summed E-state index contributed by atoms with van der Waals surface area (Å²) in [6, 6.07) is 15.8. The fourth-order valence-electron chi connectivity index (χ4n) is 1.91. The van der Waals surface area contributed by atoms with Gasteiger partial charge in [-0.25, -0.2) is 0 Å². The van der Waals surface area contributed by atoms with Crippen LogP contribution in [0.3, 0.4) is 0 Å². The van der Waals surface area contributed by atoms with Crippen molar-refractivity contribution in [3.05, 3.63) is 65.2 Å². The highest BCUT2D eigenvalue weighted by atomic mass is 16.5. The lowest BCUT2D eigenvalue weighted by molar-refractivity contribution is 0.107. The molecule has 0 amide bonds. The Morgan fingerprint density at radius 1 is 1.00 bits per heavy atom. The summed E-state index contributed by atoms with van der Waals surface area (Å²) in [5.41, 5.74) is 8.57. The van der Waals surface area contributed by atoms with Crippen molar-refractivity contribution in [1.82, 2.24) is 0 Å². The molecule has 3 nitrogen and oxygen atoms in total. The van der Waals surface area contributed by atoms with Gasteiger partial charge in [0.05, 0.1) is 26.9 Å². The summed E-state index contributed by atoms with van der Waals surface area (Å²) < 4.78 is 10.9. The lowest BCUT2D eigenvalue weighted by Crippen LogP contribution is -1.98. The van der Waals surface area contributed by atoms with Gasteiger partial charge in [-0.15, -0.1) is 0 Å². The van der Waals surface area contributed by atoms with Gasteiger partial charge in [-0.1, -0.05) is 42.2 Å². The molecule has 0 bridgehead atoms. The minimum atomic E-state index is 0.362. The van der Waals surface area contributed by atoms with Gasteiger partial charge in [0.1, 0.15) is 5.75 Å². The van der Waals surface area contributed by atoms with Crippen molar-refractivity contribution in [2.24, 2.45) is 5.73 Å². The average Bonchev–Trinajstić information content (AvgIpc) is 2.54. The third-order valence-electron chi connectivity index (χ3n) is 3.03. The molecule has 2 aromatic carbocycles. The van der Waals surface area contributed by atoms with E-state index < -0.39 is 0 Å². The number of nitrogens with two attached hydrogens (primary N) is 1. The van der Waals surface area contributed by atoms with Crippen LogP contribution in [0.1, 0.15) is 16.7 Å². The number of ether oxygens (including phenoxy) is 2. The largest absolute Gasteiger partial charge is 0.497 e. The molecule has 0 unspecified atom stereocenters. The molecule has 0 spiro atoms. The predicted octanol–water partition coefficient (Wildman–Crippen LogP) is 2.72. The zero-order valence-corrected chi connectivity index (χ0v) is 12.1. The quantitative estimate of drug-likeness (QED) is 0.857. The van der Waals surface area contributed by atoms with Crippen LogP contribution in [0.2, 0.25) is 0 Å². The Hall–Kier alpha value is -2.28. The van der Waals surface area contributed by atoms with E-state index >= 15 is 0 Å². The van der Waals surface area contributed by atoms with Gasteiger partial charge >= 0.3 is 0 Å². The summed E-state index contributed by atoms with van der Waals surface area (Å²) >= 11 is 0. The minimum Gasteiger partial charge on any atom is -0.497 e. The number of hydrogen-bond acceptors (Lipinski definition) is 3. The monoisotopic (exact) mass is 281 g/mol. The molecule has 0 atom stereocenters. The lowest BCUT2D eigenvalue weighted by atomic mass is 10.1. The van der Waals surface area contributed by atoms with Crippen LogP contribution in [-0.4, -0.2) is 13.7 Å². The first kappa shape index (κ1) is 15.1. The van der Waals surface area contributed by atoms with Crippen LogP contribution in [0.15, 0.2) is 48.5 Å². The SMILES string of the molecule is COc1ccc(COCc2ccccc2C#CCN)cc1. The summed E-state index contributed by atoms with van der Waals surface area (Å²) in [6.45, 7) is 1.45. The van der Waals surface area contributed by atoms with Gasteiger partial charge < -0.3 is 15.2 Å². The second-order valence-corrected chi connectivity index (χ2v) is 4.50. The van der Waals surface area contributed by atoms with Crippen molar-refractivity contribution < 1.29 is 9.47 Å². The number of rotatable bonds is 5. The maximum absolute atomic E-state index is 5.76. The Labute approximate surface area is 125 Å². The highest BCUT2D eigenvalue weighted by Gasteiger charge is 2.00. The molecule has 0 radical (unpaired) electrons. The van der Waals surface area contributed by atoms with Crippen molar-refractivity contribution in [3.8, 4) is 17.6 Å². The molecule has 0 heterocycles. The van der Waals surface area contributed by atoms with E-state index in [0.717, 1.165) is 22.4 Å². The van der Waals surface area contributed by atoms with Gasteiger partial charge in [-0.2, -0.15) is 0 Å². The van der Waals surface area contributed by atoms with Crippen LogP contribution in [0.25, 0.3) is 0 Å². The van der Waals surface area contributed by atoms with E-state index in [1.165, 1.54) is 0 Å². The number of hydrogen-bond donors (Lipinski definition) is 1. The highest BCUT2D eigenvalue weighted by molar-refractivity contribution is 5.41. The maximum Gasteiger partial charge on any atom is 0.118 e. The topological polar surface area (TPSA) is 44.5 Å². The van der Waals surface area contributed by atoms with E-state index in [0.29, 0.717) is 19.8 Å².